The van der Waals surface area contributed by atoms with Crippen LogP contribution in [0.15, 0.2) is 6.07 Å². The van der Waals surface area contributed by atoms with E-state index in [1.54, 1.807) is 20.1 Å². The first-order valence-corrected chi connectivity index (χ1v) is 6.79. The average Bonchev–Trinajstić information content (AvgIpc) is 2.75. The number of methoxy groups -OCH3 is 1. The number of carbonyl (C=O) groups excluding carboxylic acids is 1. The molecule has 0 radical (unpaired) electrons. The first kappa shape index (κ1) is 15.4. The molecule has 116 valence electrons. The SMILES string of the molecule is COC1CC(NC(=O)Nc2cc(C)[nH]c2C(=O)O)C1(C)C. The number of carbonyl (C=O) groups is 2. The van der Waals surface area contributed by atoms with Gasteiger partial charge in [0.2, 0.25) is 0 Å². The molecule has 21 heavy (non-hydrogen) atoms. The molecule has 7 nitrogen and oxygen atoms in total. The lowest BCUT2D eigenvalue weighted by Crippen LogP contribution is -2.62. The molecule has 1 aliphatic rings. The zero-order valence-corrected chi connectivity index (χ0v) is 12.6. The maximum absolute atomic E-state index is 12.0. The number of urea groups is 1. The molecule has 2 atom stereocenters. The lowest BCUT2D eigenvalue weighted by Gasteiger charge is -2.51. The highest BCUT2D eigenvalue weighted by atomic mass is 16.5. The predicted octanol–water partition coefficient (Wildman–Crippen LogP) is 1.96. The molecule has 0 spiro atoms. The number of rotatable bonds is 4. The summed E-state index contributed by atoms with van der Waals surface area (Å²) in [4.78, 5) is 25.8. The minimum atomic E-state index is -1.11. The Balaban J connectivity index is 1.99. The molecular formula is C14H21N3O4. The Morgan fingerprint density at radius 1 is 1.48 bits per heavy atom. The molecule has 0 bridgehead atoms. The van der Waals surface area contributed by atoms with E-state index in [9.17, 15) is 9.59 Å². The molecule has 4 N–H and O–H groups in total. The Hall–Kier alpha value is -2.02. The summed E-state index contributed by atoms with van der Waals surface area (Å²) >= 11 is 0. The number of hydrogen-bond acceptors (Lipinski definition) is 3. The van der Waals surface area contributed by atoms with Gasteiger partial charge >= 0.3 is 12.0 Å². The van der Waals surface area contributed by atoms with Crippen molar-refractivity contribution in [3.63, 3.8) is 0 Å². The minimum Gasteiger partial charge on any atom is -0.477 e. The standard InChI is InChI=1S/C14H21N3O4/c1-7-5-8(11(15-7)12(18)19)16-13(20)17-9-6-10(21-4)14(9,2)3/h5,9-10,15H,6H2,1-4H3,(H,18,19)(H2,16,17,20). The number of aromatic nitrogens is 1. The smallest absolute Gasteiger partial charge is 0.354 e. The van der Waals surface area contributed by atoms with Crippen LogP contribution >= 0.6 is 0 Å². The van der Waals surface area contributed by atoms with E-state index >= 15 is 0 Å². The first-order valence-electron chi connectivity index (χ1n) is 6.79. The quantitative estimate of drug-likeness (QED) is 0.681. The number of hydrogen-bond donors (Lipinski definition) is 4. The third-order valence-electron chi connectivity index (χ3n) is 4.18. The number of H-pyrrole nitrogens is 1. The summed E-state index contributed by atoms with van der Waals surface area (Å²) in [7, 11) is 1.66. The van der Waals surface area contributed by atoms with Crippen LogP contribution in [0.25, 0.3) is 0 Å². The lowest BCUT2D eigenvalue weighted by atomic mass is 9.64. The Morgan fingerprint density at radius 2 is 2.14 bits per heavy atom. The molecule has 1 saturated carbocycles. The predicted molar refractivity (Wildman–Crippen MR) is 77.6 cm³/mol. The van der Waals surface area contributed by atoms with E-state index in [4.69, 9.17) is 9.84 Å². The summed E-state index contributed by atoms with van der Waals surface area (Å²) in [5.74, 6) is -1.11. The Morgan fingerprint density at radius 3 is 2.67 bits per heavy atom. The second kappa shape index (κ2) is 5.40. The van der Waals surface area contributed by atoms with E-state index < -0.39 is 12.0 Å². The average molecular weight is 295 g/mol. The maximum Gasteiger partial charge on any atom is 0.354 e. The number of anilines is 1. The highest BCUT2D eigenvalue weighted by Crippen LogP contribution is 2.42. The fraction of sp³-hybridized carbons (Fsp3) is 0.571. The van der Waals surface area contributed by atoms with Crippen LogP contribution in [0.1, 0.15) is 36.5 Å². The van der Waals surface area contributed by atoms with Crippen molar-refractivity contribution < 1.29 is 19.4 Å². The number of aryl methyl sites for hydroxylation is 1. The fourth-order valence-corrected chi connectivity index (χ4v) is 2.70. The molecular weight excluding hydrogens is 274 g/mol. The van der Waals surface area contributed by atoms with Crippen molar-refractivity contribution in [1.82, 2.24) is 10.3 Å². The number of carboxylic acid groups (broad SMARTS) is 1. The van der Waals surface area contributed by atoms with Gasteiger partial charge in [-0.25, -0.2) is 9.59 Å². The largest absolute Gasteiger partial charge is 0.477 e. The van der Waals surface area contributed by atoms with E-state index in [0.29, 0.717) is 5.69 Å². The van der Waals surface area contributed by atoms with Gasteiger partial charge in [-0.05, 0) is 19.4 Å². The number of carboxylic acids is 1. The molecule has 1 fully saturated rings. The zero-order chi connectivity index (χ0) is 15.8. The summed E-state index contributed by atoms with van der Waals surface area (Å²) in [6.45, 7) is 5.78. The van der Waals surface area contributed by atoms with Crippen LogP contribution in [-0.4, -0.2) is 41.3 Å². The van der Waals surface area contributed by atoms with E-state index in [-0.39, 0.29) is 28.9 Å². The lowest BCUT2D eigenvalue weighted by molar-refractivity contribution is -0.0931. The van der Waals surface area contributed by atoms with Crippen LogP contribution in [0.3, 0.4) is 0 Å². The number of aromatic amines is 1. The van der Waals surface area contributed by atoms with Crippen molar-refractivity contribution in [2.24, 2.45) is 5.41 Å². The normalized spacial score (nSPS) is 23.2. The summed E-state index contributed by atoms with van der Waals surface area (Å²) < 4.78 is 5.33. The van der Waals surface area contributed by atoms with Crippen LogP contribution in [0.4, 0.5) is 10.5 Å². The minimum absolute atomic E-state index is 0.00392. The summed E-state index contributed by atoms with van der Waals surface area (Å²) in [6, 6.07) is 1.17. The molecule has 1 heterocycles. The first-order chi connectivity index (χ1) is 9.75. The Bertz CT molecular complexity index is 565. The van der Waals surface area contributed by atoms with Gasteiger partial charge in [0.25, 0.3) is 0 Å². The van der Waals surface area contributed by atoms with E-state index in [1.807, 2.05) is 13.8 Å². The molecule has 0 aromatic carbocycles. The topological polar surface area (TPSA) is 103 Å². The maximum atomic E-state index is 12.0. The molecule has 0 aliphatic heterocycles. The molecule has 2 unspecified atom stereocenters. The van der Waals surface area contributed by atoms with Crippen molar-refractivity contribution in [3.8, 4) is 0 Å². The van der Waals surface area contributed by atoms with Gasteiger partial charge in [-0.1, -0.05) is 13.8 Å². The molecule has 1 aliphatic carbocycles. The van der Waals surface area contributed by atoms with E-state index in [0.717, 1.165) is 6.42 Å². The van der Waals surface area contributed by atoms with Crippen molar-refractivity contribution >= 4 is 17.7 Å². The van der Waals surface area contributed by atoms with E-state index in [2.05, 4.69) is 15.6 Å². The summed E-state index contributed by atoms with van der Waals surface area (Å²) in [5, 5.41) is 14.5. The number of ether oxygens (including phenoxy) is 1. The molecule has 1 aromatic heterocycles. The third kappa shape index (κ3) is 2.87. The molecule has 1 aromatic rings. The van der Waals surface area contributed by atoms with Crippen molar-refractivity contribution in [2.45, 2.75) is 39.3 Å². The third-order valence-corrected chi connectivity index (χ3v) is 4.18. The highest BCUT2D eigenvalue weighted by molar-refractivity contribution is 5.99. The zero-order valence-electron chi connectivity index (χ0n) is 12.6. The highest BCUT2D eigenvalue weighted by Gasteiger charge is 2.49. The number of nitrogens with one attached hydrogen (secondary N) is 3. The van der Waals surface area contributed by atoms with Gasteiger partial charge in [-0.15, -0.1) is 0 Å². The van der Waals surface area contributed by atoms with Crippen LogP contribution in [0.5, 0.6) is 0 Å². The van der Waals surface area contributed by atoms with Crippen LogP contribution < -0.4 is 10.6 Å². The molecule has 2 amide bonds. The van der Waals surface area contributed by atoms with Gasteiger partial charge in [-0.2, -0.15) is 0 Å². The number of amides is 2. The van der Waals surface area contributed by atoms with Gasteiger partial charge in [-0.3, -0.25) is 0 Å². The van der Waals surface area contributed by atoms with Gasteiger partial charge in [0, 0.05) is 24.3 Å². The van der Waals surface area contributed by atoms with Gasteiger partial charge in [0.1, 0.15) is 5.69 Å². The van der Waals surface area contributed by atoms with E-state index in [1.165, 1.54) is 0 Å². The fourth-order valence-electron chi connectivity index (χ4n) is 2.70. The van der Waals surface area contributed by atoms with Gasteiger partial charge in [0.15, 0.2) is 0 Å². The number of aromatic carboxylic acids is 1. The second-order valence-corrected chi connectivity index (χ2v) is 5.98. The van der Waals surface area contributed by atoms with Gasteiger partial charge in [0.05, 0.1) is 11.8 Å². The Labute approximate surface area is 123 Å². The van der Waals surface area contributed by atoms with Crippen LogP contribution in [0.2, 0.25) is 0 Å². The molecule has 2 rings (SSSR count). The summed E-state index contributed by atoms with van der Waals surface area (Å²) in [6.07, 6.45) is 0.862. The summed E-state index contributed by atoms with van der Waals surface area (Å²) in [5.41, 5.74) is 0.768. The van der Waals surface area contributed by atoms with Crippen molar-refractivity contribution in [2.75, 3.05) is 12.4 Å². The molecule has 7 heteroatoms. The van der Waals surface area contributed by atoms with Crippen molar-refractivity contribution in [1.29, 1.82) is 0 Å². The Kier molecular flexibility index (Phi) is 3.95. The van der Waals surface area contributed by atoms with Gasteiger partial charge < -0.3 is 25.5 Å². The van der Waals surface area contributed by atoms with Crippen LogP contribution in [-0.2, 0) is 4.74 Å². The van der Waals surface area contributed by atoms with Crippen molar-refractivity contribution in [3.05, 3.63) is 17.5 Å². The monoisotopic (exact) mass is 295 g/mol. The molecule has 0 saturated heterocycles. The second-order valence-electron chi connectivity index (χ2n) is 5.98. The van der Waals surface area contributed by atoms with Crippen LogP contribution in [0, 0.1) is 12.3 Å².